The number of terminal acetylenes is 1. The molecule has 0 aliphatic rings. The molecule has 0 aromatic heterocycles. The smallest absolute Gasteiger partial charge is 0.240 e. The van der Waals surface area contributed by atoms with Gasteiger partial charge in [0.25, 0.3) is 0 Å². The Labute approximate surface area is 111 Å². The summed E-state index contributed by atoms with van der Waals surface area (Å²) in [5, 5.41) is 2.46. The number of halogens is 1. The van der Waals surface area contributed by atoms with E-state index in [-0.39, 0.29) is 5.88 Å². The molecule has 1 unspecified atom stereocenters. The molecule has 2 amide bonds. The maximum absolute atomic E-state index is 11.2. The first kappa shape index (κ1) is 14.1. The van der Waals surface area contributed by atoms with Crippen molar-refractivity contribution in [2.75, 3.05) is 5.88 Å². The molecule has 1 aromatic carbocycles. The van der Waals surface area contributed by atoms with Crippen molar-refractivity contribution in [3.8, 4) is 12.3 Å². The van der Waals surface area contributed by atoms with Gasteiger partial charge < -0.3 is 11.1 Å². The first-order chi connectivity index (χ1) is 8.56. The van der Waals surface area contributed by atoms with Gasteiger partial charge in [0.1, 0.15) is 11.9 Å². The minimum atomic E-state index is -0.770. The maximum Gasteiger partial charge on any atom is 0.240 e. The van der Waals surface area contributed by atoms with Gasteiger partial charge >= 0.3 is 0 Å². The van der Waals surface area contributed by atoms with Crippen molar-refractivity contribution >= 4 is 23.4 Å². The Morgan fingerprint density at radius 1 is 1.39 bits per heavy atom. The highest BCUT2D eigenvalue weighted by Gasteiger charge is 2.17. The van der Waals surface area contributed by atoms with Crippen molar-refractivity contribution in [1.29, 1.82) is 0 Å². The van der Waals surface area contributed by atoms with Crippen molar-refractivity contribution in [3.63, 3.8) is 0 Å². The lowest BCUT2D eigenvalue weighted by atomic mass is 10.0. The Hall–Kier alpha value is -1.99. The Morgan fingerprint density at radius 3 is 2.44 bits per heavy atom. The third kappa shape index (κ3) is 4.11. The number of nitrogens with one attached hydrogen (secondary N) is 1. The van der Waals surface area contributed by atoms with Crippen LogP contribution in [-0.2, 0) is 16.0 Å². The fraction of sp³-hybridized carbons (Fsp3) is 0.231. The zero-order chi connectivity index (χ0) is 13.5. The van der Waals surface area contributed by atoms with Crippen LogP contribution in [-0.4, -0.2) is 23.7 Å². The number of benzene rings is 1. The average Bonchev–Trinajstić information content (AvgIpc) is 2.38. The van der Waals surface area contributed by atoms with Crippen LogP contribution in [0.1, 0.15) is 11.1 Å². The largest absolute Gasteiger partial charge is 0.368 e. The number of nitrogens with two attached hydrogens (primary N) is 1. The third-order valence-electron chi connectivity index (χ3n) is 2.36. The van der Waals surface area contributed by atoms with Crippen LogP contribution in [0.5, 0.6) is 0 Å². The van der Waals surface area contributed by atoms with Crippen LogP contribution in [0, 0.1) is 12.3 Å². The van der Waals surface area contributed by atoms with E-state index < -0.39 is 17.9 Å². The zero-order valence-electron chi connectivity index (χ0n) is 9.65. The number of alkyl halides is 1. The van der Waals surface area contributed by atoms with Crippen LogP contribution in [0.3, 0.4) is 0 Å². The van der Waals surface area contributed by atoms with E-state index in [9.17, 15) is 9.59 Å². The highest BCUT2D eigenvalue weighted by atomic mass is 35.5. The fourth-order valence-corrected chi connectivity index (χ4v) is 1.51. The predicted molar refractivity (Wildman–Crippen MR) is 69.9 cm³/mol. The molecule has 5 heteroatoms. The summed E-state index contributed by atoms with van der Waals surface area (Å²) in [5.74, 6) is 1.25. The molecule has 18 heavy (non-hydrogen) atoms. The number of carbonyl (C=O) groups is 2. The van der Waals surface area contributed by atoms with E-state index in [2.05, 4.69) is 11.2 Å². The van der Waals surface area contributed by atoms with Crippen molar-refractivity contribution in [1.82, 2.24) is 5.32 Å². The molecular formula is C13H13ClN2O2. The first-order valence-electron chi connectivity index (χ1n) is 5.27. The molecule has 1 rings (SSSR count). The molecule has 0 saturated heterocycles. The molecule has 0 heterocycles. The molecule has 0 fully saturated rings. The Kier molecular flexibility index (Phi) is 5.22. The molecule has 0 bridgehead atoms. The molecule has 1 aromatic rings. The Balaban J connectivity index is 2.74. The molecule has 0 spiro atoms. The van der Waals surface area contributed by atoms with Crippen LogP contribution in [0.4, 0.5) is 0 Å². The van der Waals surface area contributed by atoms with Gasteiger partial charge in [-0.05, 0) is 17.7 Å². The number of amides is 2. The van der Waals surface area contributed by atoms with Gasteiger partial charge in [0, 0.05) is 12.0 Å². The summed E-state index contributed by atoms with van der Waals surface area (Å²) in [5.41, 5.74) is 6.82. The fourth-order valence-electron chi connectivity index (χ4n) is 1.43. The van der Waals surface area contributed by atoms with Gasteiger partial charge in [-0.15, -0.1) is 18.0 Å². The molecule has 0 aliphatic carbocycles. The van der Waals surface area contributed by atoms with Crippen molar-refractivity contribution < 1.29 is 9.59 Å². The van der Waals surface area contributed by atoms with E-state index in [0.717, 1.165) is 11.1 Å². The summed E-state index contributed by atoms with van der Waals surface area (Å²) in [4.78, 5) is 22.4. The topological polar surface area (TPSA) is 72.2 Å². The van der Waals surface area contributed by atoms with Gasteiger partial charge in [0.05, 0.1) is 0 Å². The Morgan fingerprint density at radius 2 is 2.00 bits per heavy atom. The number of hydrogen-bond donors (Lipinski definition) is 2. The second kappa shape index (κ2) is 6.67. The van der Waals surface area contributed by atoms with Crippen molar-refractivity contribution in [2.45, 2.75) is 12.5 Å². The van der Waals surface area contributed by atoms with Gasteiger partial charge in [0.15, 0.2) is 0 Å². The van der Waals surface area contributed by atoms with Gasteiger partial charge in [-0.2, -0.15) is 0 Å². The van der Waals surface area contributed by atoms with Gasteiger partial charge in [-0.3, -0.25) is 9.59 Å². The molecule has 3 N–H and O–H groups in total. The second-order valence-electron chi connectivity index (χ2n) is 3.70. The molecule has 0 radical (unpaired) electrons. The van der Waals surface area contributed by atoms with E-state index in [0.29, 0.717) is 6.42 Å². The van der Waals surface area contributed by atoms with E-state index in [4.69, 9.17) is 23.8 Å². The lowest BCUT2D eigenvalue weighted by Crippen LogP contribution is -2.46. The van der Waals surface area contributed by atoms with Crippen LogP contribution in [0.25, 0.3) is 0 Å². The number of hydrogen-bond acceptors (Lipinski definition) is 2. The second-order valence-corrected chi connectivity index (χ2v) is 3.97. The minimum Gasteiger partial charge on any atom is -0.368 e. The molecule has 94 valence electrons. The minimum absolute atomic E-state index is 0.209. The van der Waals surface area contributed by atoms with Crippen molar-refractivity contribution in [2.24, 2.45) is 5.73 Å². The van der Waals surface area contributed by atoms with Gasteiger partial charge in [0.2, 0.25) is 11.8 Å². The lowest BCUT2D eigenvalue weighted by Gasteiger charge is -2.14. The van der Waals surface area contributed by atoms with Gasteiger partial charge in [-0.1, -0.05) is 18.1 Å². The monoisotopic (exact) mass is 264 g/mol. The van der Waals surface area contributed by atoms with Crippen LogP contribution < -0.4 is 11.1 Å². The lowest BCUT2D eigenvalue weighted by molar-refractivity contribution is -0.126. The standard InChI is InChI=1S/C13H13ClN2O2/c1-2-9-3-5-10(6-4-9)7-11(13(15)18)16-12(17)8-14/h1,3-6,11H,7-8H2,(H2,15,18)(H,16,17). The van der Waals surface area contributed by atoms with Crippen molar-refractivity contribution in [3.05, 3.63) is 35.4 Å². The maximum atomic E-state index is 11.2. The van der Waals surface area contributed by atoms with Crippen LogP contribution >= 0.6 is 11.6 Å². The number of primary amides is 1. The third-order valence-corrected chi connectivity index (χ3v) is 2.60. The highest BCUT2D eigenvalue weighted by Crippen LogP contribution is 2.06. The predicted octanol–water partition coefficient (Wildman–Crippen LogP) is 0.419. The van der Waals surface area contributed by atoms with E-state index in [1.807, 2.05) is 0 Å². The van der Waals surface area contributed by atoms with Gasteiger partial charge in [-0.25, -0.2) is 0 Å². The van der Waals surface area contributed by atoms with Crippen LogP contribution in [0.2, 0.25) is 0 Å². The summed E-state index contributed by atoms with van der Waals surface area (Å²) in [6, 6.07) is 6.33. The quantitative estimate of drug-likeness (QED) is 0.598. The Bertz CT molecular complexity index is 477. The zero-order valence-corrected chi connectivity index (χ0v) is 10.4. The van der Waals surface area contributed by atoms with E-state index >= 15 is 0 Å². The summed E-state index contributed by atoms with van der Waals surface area (Å²) in [7, 11) is 0. The van der Waals surface area contributed by atoms with Crippen LogP contribution in [0.15, 0.2) is 24.3 Å². The summed E-state index contributed by atoms with van der Waals surface area (Å²) in [6.45, 7) is 0. The summed E-state index contributed by atoms with van der Waals surface area (Å²) in [6.07, 6.45) is 5.55. The SMILES string of the molecule is C#Cc1ccc(CC(NC(=O)CCl)C(N)=O)cc1. The summed E-state index contributed by atoms with van der Waals surface area (Å²) >= 11 is 5.36. The molecule has 0 aliphatic heterocycles. The molecular weight excluding hydrogens is 252 g/mol. The molecule has 4 nitrogen and oxygen atoms in total. The molecule has 0 saturated carbocycles. The molecule has 1 atom stereocenters. The number of carbonyl (C=O) groups excluding carboxylic acids is 2. The average molecular weight is 265 g/mol. The normalized spacial score (nSPS) is 11.3. The number of rotatable bonds is 5. The highest BCUT2D eigenvalue weighted by molar-refractivity contribution is 6.27. The van der Waals surface area contributed by atoms with E-state index in [1.165, 1.54) is 0 Å². The summed E-state index contributed by atoms with van der Waals surface area (Å²) < 4.78 is 0. The first-order valence-corrected chi connectivity index (χ1v) is 5.80. The van der Waals surface area contributed by atoms with E-state index in [1.54, 1.807) is 24.3 Å².